The van der Waals surface area contributed by atoms with Crippen LogP contribution in [0.15, 0.2) is 42.5 Å². The standard InChI is InChI=1S/C18H22N2O/c1-20(17-9-5-4-8-16(17)19)18(21)15-11-10-13-6-2-3-7-14(13)12-15/h2-3,6-7,10-12,16-17H,4-5,8-9,19H2,1H3. The highest BCUT2D eigenvalue weighted by atomic mass is 16.2. The van der Waals surface area contributed by atoms with Crippen LogP contribution in [0.1, 0.15) is 36.0 Å². The summed E-state index contributed by atoms with van der Waals surface area (Å²) in [7, 11) is 1.88. The van der Waals surface area contributed by atoms with Gasteiger partial charge < -0.3 is 10.6 Å². The molecule has 0 aliphatic heterocycles. The SMILES string of the molecule is CN(C(=O)c1ccc2ccccc2c1)C1CCCCC1N. The zero-order valence-corrected chi connectivity index (χ0v) is 12.5. The van der Waals surface area contributed by atoms with Gasteiger partial charge in [-0.25, -0.2) is 0 Å². The van der Waals surface area contributed by atoms with E-state index < -0.39 is 0 Å². The number of rotatable bonds is 2. The maximum absolute atomic E-state index is 12.7. The van der Waals surface area contributed by atoms with Crippen LogP contribution in [0, 0.1) is 0 Å². The molecule has 0 bridgehead atoms. The molecule has 0 radical (unpaired) electrons. The minimum absolute atomic E-state index is 0.0723. The Kier molecular flexibility index (Phi) is 3.93. The monoisotopic (exact) mass is 282 g/mol. The molecule has 3 rings (SSSR count). The van der Waals surface area contributed by atoms with Gasteiger partial charge in [0.25, 0.3) is 5.91 Å². The van der Waals surface area contributed by atoms with Gasteiger partial charge >= 0.3 is 0 Å². The van der Waals surface area contributed by atoms with Gasteiger partial charge in [0.2, 0.25) is 0 Å². The van der Waals surface area contributed by atoms with Gasteiger partial charge in [-0.05, 0) is 35.7 Å². The summed E-state index contributed by atoms with van der Waals surface area (Å²) in [6.07, 6.45) is 4.36. The van der Waals surface area contributed by atoms with Crippen LogP contribution < -0.4 is 5.73 Å². The summed E-state index contributed by atoms with van der Waals surface area (Å²) in [6, 6.07) is 14.3. The Labute approximate surface area is 125 Å². The van der Waals surface area contributed by atoms with E-state index in [9.17, 15) is 4.79 Å². The fourth-order valence-electron chi connectivity index (χ4n) is 3.30. The van der Waals surface area contributed by atoms with E-state index in [2.05, 4.69) is 6.07 Å². The molecule has 110 valence electrons. The Morgan fingerprint density at radius 2 is 1.81 bits per heavy atom. The highest BCUT2D eigenvalue weighted by Gasteiger charge is 2.28. The number of benzene rings is 2. The van der Waals surface area contributed by atoms with E-state index in [1.54, 1.807) is 0 Å². The summed E-state index contributed by atoms with van der Waals surface area (Å²) in [5, 5.41) is 2.26. The number of nitrogens with two attached hydrogens (primary N) is 1. The van der Waals surface area contributed by atoms with Crippen LogP contribution in [-0.4, -0.2) is 29.9 Å². The predicted octanol–water partition coefficient (Wildman–Crippen LogP) is 3.18. The van der Waals surface area contributed by atoms with Gasteiger partial charge in [-0.3, -0.25) is 4.79 Å². The quantitative estimate of drug-likeness (QED) is 0.919. The molecule has 1 amide bonds. The van der Waals surface area contributed by atoms with Crippen molar-refractivity contribution in [2.45, 2.75) is 37.8 Å². The first-order valence-electron chi connectivity index (χ1n) is 7.68. The highest BCUT2D eigenvalue weighted by molar-refractivity contribution is 5.98. The summed E-state index contributed by atoms with van der Waals surface area (Å²) >= 11 is 0. The highest BCUT2D eigenvalue weighted by Crippen LogP contribution is 2.23. The van der Waals surface area contributed by atoms with Crippen molar-refractivity contribution in [2.75, 3.05) is 7.05 Å². The molecule has 2 N–H and O–H groups in total. The average Bonchev–Trinajstić information content (AvgIpc) is 2.53. The van der Waals surface area contributed by atoms with E-state index in [4.69, 9.17) is 5.73 Å². The Balaban J connectivity index is 1.85. The van der Waals surface area contributed by atoms with Gasteiger partial charge in [0.1, 0.15) is 0 Å². The smallest absolute Gasteiger partial charge is 0.253 e. The second kappa shape index (κ2) is 5.86. The number of carbonyl (C=O) groups is 1. The Hall–Kier alpha value is -1.87. The van der Waals surface area contributed by atoms with Crippen molar-refractivity contribution >= 4 is 16.7 Å². The van der Waals surface area contributed by atoms with Gasteiger partial charge in [0, 0.05) is 24.7 Å². The van der Waals surface area contributed by atoms with Crippen molar-refractivity contribution in [3.8, 4) is 0 Å². The van der Waals surface area contributed by atoms with Crippen molar-refractivity contribution in [3.05, 3.63) is 48.0 Å². The second-order valence-corrected chi connectivity index (χ2v) is 5.99. The molecule has 21 heavy (non-hydrogen) atoms. The number of amides is 1. The van der Waals surface area contributed by atoms with Gasteiger partial charge in [-0.1, -0.05) is 43.2 Å². The number of carbonyl (C=O) groups excluding carboxylic acids is 1. The lowest BCUT2D eigenvalue weighted by molar-refractivity contribution is 0.0672. The largest absolute Gasteiger partial charge is 0.337 e. The van der Waals surface area contributed by atoms with Crippen molar-refractivity contribution in [3.63, 3.8) is 0 Å². The van der Waals surface area contributed by atoms with E-state index in [0.717, 1.165) is 35.6 Å². The van der Waals surface area contributed by atoms with Crippen molar-refractivity contribution in [1.29, 1.82) is 0 Å². The van der Waals surface area contributed by atoms with Crippen molar-refractivity contribution in [2.24, 2.45) is 5.73 Å². The Morgan fingerprint density at radius 1 is 1.10 bits per heavy atom. The topological polar surface area (TPSA) is 46.3 Å². The molecule has 2 atom stereocenters. The molecule has 2 aromatic rings. The van der Waals surface area contributed by atoms with Crippen molar-refractivity contribution in [1.82, 2.24) is 4.90 Å². The number of fused-ring (bicyclic) bond motifs is 1. The van der Waals surface area contributed by atoms with E-state index in [1.165, 1.54) is 6.42 Å². The van der Waals surface area contributed by atoms with Gasteiger partial charge in [-0.15, -0.1) is 0 Å². The molecule has 1 aliphatic carbocycles. The number of hydrogen-bond acceptors (Lipinski definition) is 2. The van der Waals surface area contributed by atoms with Crippen molar-refractivity contribution < 1.29 is 4.79 Å². The maximum atomic E-state index is 12.7. The summed E-state index contributed by atoms with van der Waals surface area (Å²) in [6.45, 7) is 0. The maximum Gasteiger partial charge on any atom is 0.253 e. The molecule has 0 aromatic heterocycles. The lowest BCUT2D eigenvalue weighted by Gasteiger charge is -2.36. The molecule has 0 heterocycles. The lowest BCUT2D eigenvalue weighted by atomic mass is 9.89. The Morgan fingerprint density at radius 3 is 2.57 bits per heavy atom. The third-order valence-electron chi connectivity index (χ3n) is 4.60. The van der Waals surface area contributed by atoms with E-state index in [1.807, 2.05) is 48.3 Å². The molecule has 2 unspecified atom stereocenters. The van der Waals surface area contributed by atoms with Gasteiger partial charge in [-0.2, -0.15) is 0 Å². The van der Waals surface area contributed by atoms with Gasteiger partial charge in [0.05, 0.1) is 0 Å². The zero-order chi connectivity index (χ0) is 14.8. The van der Waals surface area contributed by atoms with Crippen LogP contribution in [0.3, 0.4) is 0 Å². The summed E-state index contributed by atoms with van der Waals surface area (Å²) in [4.78, 5) is 14.5. The number of hydrogen-bond donors (Lipinski definition) is 1. The molecule has 0 spiro atoms. The molecule has 0 saturated heterocycles. The van der Waals surface area contributed by atoms with Gasteiger partial charge in [0.15, 0.2) is 0 Å². The fourth-order valence-corrected chi connectivity index (χ4v) is 3.30. The first kappa shape index (κ1) is 14.1. The molecular formula is C18H22N2O. The van der Waals surface area contributed by atoms with Crippen LogP contribution in [0.5, 0.6) is 0 Å². The van der Waals surface area contributed by atoms with Crippen LogP contribution in [-0.2, 0) is 0 Å². The molecule has 1 aliphatic rings. The zero-order valence-electron chi connectivity index (χ0n) is 12.5. The van der Waals surface area contributed by atoms with Crippen LogP contribution in [0.2, 0.25) is 0 Å². The average molecular weight is 282 g/mol. The minimum Gasteiger partial charge on any atom is -0.337 e. The van der Waals surface area contributed by atoms with Crippen LogP contribution in [0.25, 0.3) is 10.8 Å². The normalized spacial score (nSPS) is 22.2. The third-order valence-corrected chi connectivity index (χ3v) is 4.60. The minimum atomic E-state index is 0.0723. The second-order valence-electron chi connectivity index (χ2n) is 5.99. The fraction of sp³-hybridized carbons (Fsp3) is 0.389. The number of likely N-dealkylation sites (N-methyl/N-ethyl adjacent to an activating group) is 1. The predicted molar refractivity (Wildman–Crippen MR) is 86.3 cm³/mol. The molecule has 3 heteroatoms. The molecular weight excluding hydrogens is 260 g/mol. The summed E-state index contributed by atoms with van der Waals surface area (Å²) < 4.78 is 0. The number of nitrogens with zero attached hydrogens (tertiary/aromatic N) is 1. The van der Waals surface area contributed by atoms with E-state index >= 15 is 0 Å². The lowest BCUT2D eigenvalue weighted by Crippen LogP contribution is -2.50. The molecule has 3 nitrogen and oxygen atoms in total. The molecule has 1 saturated carbocycles. The van der Waals surface area contributed by atoms with E-state index in [-0.39, 0.29) is 18.0 Å². The first-order valence-corrected chi connectivity index (χ1v) is 7.68. The third kappa shape index (κ3) is 2.79. The Bertz CT molecular complexity index is 652. The summed E-state index contributed by atoms with van der Waals surface area (Å²) in [5.41, 5.74) is 6.94. The first-order chi connectivity index (χ1) is 10.2. The van der Waals surface area contributed by atoms with E-state index in [0.29, 0.717) is 0 Å². The van der Waals surface area contributed by atoms with Crippen LogP contribution in [0.4, 0.5) is 0 Å². The summed E-state index contributed by atoms with van der Waals surface area (Å²) in [5.74, 6) is 0.0723. The molecule has 1 fully saturated rings. The molecule has 2 aromatic carbocycles. The van der Waals surface area contributed by atoms with Crippen LogP contribution >= 0.6 is 0 Å².